The molecule has 1 N–H and O–H groups in total. The Morgan fingerprint density at radius 3 is 1.91 bits per heavy atom. The summed E-state index contributed by atoms with van der Waals surface area (Å²) in [6.45, 7) is 5.81. The van der Waals surface area contributed by atoms with E-state index in [1.54, 1.807) is 4.90 Å². The van der Waals surface area contributed by atoms with E-state index in [0.717, 1.165) is 19.3 Å². The van der Waals surface area contributed by atoms with Crippen molar-refractivity contribution in [1.82, 2.24) is 10.2 Å². The predicted molar refractivity (Wildman–Crippen MR) is 139 cm³/mol. The van der Waals surface area contributed by atoms with Crippen LogP contribution >= 0.6 is 0 Å². The van der Waals surface area contributed by atoms with Gasteiger partial charge in [0.25, 0.3) is 5.91 Å². The number of carbonyl (C=O) groups is 2. The summed E-state index contributed by atoms with van der Waals surface area (Å²) in [6, 6.07) is 28.6. The summed E-state index contributed by atoms with van der Waals surface area (Å²) in [7, 11) is 0. The second-order valence-corrected chi connectivity index (χ2v) is 8.61. The Hall–Kier alpha value is -3.40. The summed E-state index contributed by atoms with van der Waals surface area (Å²) in [5.41, 5.74) is 4.38. The predicted octanol–water partition coefficient (Wildman–Crippen LogP) is 5.83. The van der Waals surface area contributed by atoms with Crippen LogP contribution in [0.5, 0.6) is 0 Å². The summed E-state index contributed by atoms with van der Waals surface area (Å²) < 4.78 is 0. The second-order valence-electron chi connectivity index (χ2n) is 8.61. The molecule has 4 heteroatoms. The maximum Gasteiger partial charge on any atom is 0.253 e. The van der Waals surface area contributed by atoms with Crippen molar-refractivity contribution in [3.8, 4) is 0 Å². The number of benzene rings is 3. The van der Waals surface area contributed by atoms with Crippen molar-refractivity contribution in [1.29, 1.82) is 0 Å². The fourth-order valence-electron chi connectivity index (χ4n) is 4.23. The van der Waals surface area contributed by atoms with Crippen molar-refractivity contribution < 1.29 is 9.59 Å². The van der Waals surface area contributed by atoms with Crippen molar-refractivity contribution in [3.63, 3.8) is 0 Å². The van der Waals surface area contributed by atoms with Crippen LogP contribution in [0.1, 0.15) is 66.1 Å². The highest BCUT2D eigenvalue weighted by molar-refractivity contribution is 5.94. The van der Waals surface area contributed by atoms with Crippen LogP contribution in [0.15, 0.2) is 84.9 Å². The Morgan fingerprint density at radius 2 is 1.38 bits per heavy atom. The quantitative estimate of drug-likeness (QED) is 0.373. The molecule has 0 atom stereocenters. The summed E-state index contributed by atoms with van der Waals surface area (Å²) in [6.07, 6.45) is 2.93. The first-order valence-corrected chi connectivity index (χ1v) is 12.4. The number of amides is 2. The Labute approximate surface area is 204 Å². The van der Waals surface area contributed by atoms with Crippen molar-refractivity contribution in [2.24, 2.45) is 0 Å². The molecule has 3 aromatic carbocycles. The van der Waals surface area contributed by atoms with Crippen molar-refractivity contribution in [2.45, 2.75) is 45.4 Å². The van der Waals surface area contributed by atoms with Gasteiger partial charge in [0, 0.05) is 37.5 Å². The maximum atomic E-state index is 13.0. The van der Waals surface area contributed by atoms with E-state index < -0.39 is 0 Å². The van der Waals surface area contributed by atoms with Gasteiger partial charge in [0.1, 0.15) is 0 Å². The van der Waals surface area contributed by atoms with Gasteiger partial charge in [-0.1, -0.05) is 86.6 Å². The van der Waals surface area contributed by atoms with E-state index in [4.69, 9.17) is 0 Å². The van der Waals surface area contributed by atoms with Gasteiger partial charge in [-0.2, -0.15) is 0 Å². The summed E-state index contributed by atoms with van der Waals surface area (Å²) in [5, 5.41) is 3.07. The average Bonchev–Trinajstić information content (AvgIpc) is 2.89. The van der Waals surface area contributed by atoms with Crippen LogP contribution in [0.2, 0.25) is 0 Å². The van der Waals surface area contributed by atoms with Gasteiger partial charge in [0.2, 0.25) is 5.91 Å². The lowest BCUT2D eigenvalue weighted by Gasteiger charge is -2.22. The molecule has 0 radical (unpaired) electrons. The third-order valence-electron chi connectivity index (χ3n) is 6.16. The van der Waals surface area contributed by atoms with E-state index >= 15 is 0 Å². The molecule has 3 aromatic rings. The third-order valence-corrected chi connectivity index (χ3v) is 6.16. The number of nitrogens with zero attached hydrogens (tertiary/aromatic N) is 1. The summed E-state index contributed by atoms with van der Waals surface area (Å²) >= 11 is 0. The van der Waals surface area contributed by atoms with Gasteiger partial charge in [-0.3, -0.25) is 9.59 Å². The molecule has 34 heavy (non-hydrogen) atoms. The van der Waals surface area contributed by atoms with E-state index in [-0.39, 0.29) is 17.7 Å². The lowest BCUT2D eigenvalue weighted by Crippen LogP contribution is -2.36. The Morgan fingerprint density at radius 1 is 0.794 bits per heavy atom. The number of rotatable bonds is 12. The fraction of sp³-hybridized carbons (Fsp3) is 0.333. The van der Waals surface area contributed by atoms with E-state index in [9.17, 15) is 9.59 Å². The van der Waals surface area contributed by atoms with Crippen LogP contribution in [0.3, 0.4) is 0 Å². The molecule has 0 aromatic heterocycles. The smallest absolute Gasteiger partial charge is 0.253 e. The molecule has 0 bridgehead atoms. The molecule has 4 nitrogen and oxygen atoms in total. The fourth-order valence-corrected chi connectivity index (χ4v) is 4.23. The topological polar surface area (TPSA) is 49.4 Å². The van der Waals surface area contributed by atoms with Gasteiger partial charge in [0.05, 0.1) is 0 Å². The highest BCUT2D eigenvalue weighted by atomic mass is 16.2. The number of hydrogen-bond donors (Lipinski definition) is 1. The zero-order valence-corrected chi connectivity index (χ0v) is 20.4. The highest BCUT2D eigenvalue weighted by Gasteiger charge is 2.17. The minimum absolute atomic E-state index is 0.00878. The molecule has 178 valence electrons. The zero-order chi connectivity index (χ0) is 24.2. The lowest BCUT2D eigenvalue weighted by atomic mass is 9.88. The molecular formula is C30H36N2O2. The first-order valence-electron chi connectivity index (χ1n) is 12.4. The van der Waals surface area contributed by atoms with Crippen molar-refractivity contribution in [2.75, 3.05) is 19.6 Å². The van der Waals surface area contributed by atoms with Crippen LogP contribution in [0, 0.1) is 0 Å². The van der Waals surface area contributed by atoms with Crippen LogP contribution in [-0.2, 0) is 11.2 Å². The normalized spacial score (nSPS) is 10.8. The van der Waals surface area contributed by atoms with Crippen LogP contribution in [0.4, 0.5) is 0 Å². The summed E-state index contributed by atoms with van der Waals surface area (Å²) in [5.74, 6) is 0.201. The molecule has 0 saturated carbocycles. The van der Waals surface area contributed by atoms with Crippen LogP contribution in [0.25, 0.3) is 0 Å². The first-order chi connectivity index (χ1) is 16.6. The minimum atomic E-state index is -0.0184. The van der Waals surface area contributed by atoms with E-state index in [0.29, 0.717) is 31.6 Å². The van der Waals surface area contributed by atoms with E-state index in [1.807, 2.05) is 43.3 Å². The van der Waals surface area contributed by atoms with E-state index in [2.05, 4.69) is 60.8 Å². The van der Waals surface area contributed by atoms with Crippen LogP contribution < -0.4 is 5.32 Å². The molecule has 3 rings (SSSR count). The molecule has 0 fully saturated rings. The van der Waals surface area contributed by atoms with Gasteiger partial charge in [0.15, 0.2) is 0 Å². The second kappa shape index (κ2) is 13.3. The van der Waals surface area contributed by atoms with E-state index in [1.165, 1.54) is 16.7 Å². The Balaban J connectivity index is 1.53. The van der Waals surface area contributed by atoms with Crippen molar-refractivity contribution >= 4 is 11.8 Å². The van der Waals surface area contributed by atoms with Gasteiger partial charge >= 0.3 is 0 Å². The van der Waals surface area contributed by atoms with Crippen LogP contribution in [-0.4, -0.2) is 36.3 Å². The number of carbonyl (C=O) groups excluding carboxylic acids is 2. The SMILES string of the molecule is CCCN(CCC(=O)NCCC(c1ccccc1)c1ccccc1)C(=O)c1ccc(CC)cc1. The third kappa shape index (κ3) is 7.31. The molecule has 0 unspecified atom stereocenters. The van der Waals surface area contributed by atoms with Crippen molar-refractivity contribution in [3.05, 3.63) is 107 Å². The largest absolute Gasteiger partial charge is 0.356 e. The van der Waals surface area contributed by atoms with Gasteiger partial charge in [-0.05, 0) is 48.1 Å². The monoisotopic (exact) mass is 456 g/mol. The molecule has 2 amide bonds. The number of nitrogens with one attached hydrogen (secondary N) is 1. The molecule has 0 spiro atoms. The minimum Gasteiger partial charge on any atom is -0.356 e. The molecule has 0 heterocycles. The van der Waals surface area contributed by atoms with Gasteiger partial charge in [-0.15, -0.1) is 0 Å². The maximum absolute atomic E-state index is 13.0. The average molecular weight is 457 g/mol. The standard InChI is InChI=1S/C30H36N2O2/c1-3-22-32(30(34)27-17-15-24(4-2)16-18-27)23-20-29(33)31-21-19-28(25-11-7-5-8-12-25)26-13-9-6-10-14-26/h5-18,28H,3-4,19-23H2,1-2H3,(H,31,33). The number of aryl methyl sites for hydroxylation is 1. The Bertz CT molecular complexity index is 977. The molecule has 0 saturated heterocycles. The highest BCUT2D eigenvalue weighted by Crippen LogP contribution is 2.27. The number of hydrogen-bond acceptors (Lipinski definition) is 2. The molecule has 0 aliphatic carbocycles. The lowest BCUT2D eigenvalue weighted by molar-refractivity contribution is -0.121. The molecule has 0 aliphatic heterocycles. The molecule has 0 aliphatic rings. The molecular weight excluding hydrogens is 420 g/mol. The first kappa shape index (κ1) is 25.2. The Kier molecular flexibility index (Phi) is 9.90. The van der Waals surface area contributed by atoms with Gasteiger partial charge in [-0.25, -0.2) is 0 Å². The summed E-state index contributed by atoms with van der Waals surface area (Å²) in [4.78, 5) is 27.3. The zero-order valence-electron chi connectivity index (χ0n) is 20.4. The van der Waals surface area contributed by atoms with Gasteiger partial charge < -0.3 is 10.2 Å².